The summed E-state index contributed by atoms with van der Waals surface area (Å²) in [5, 5.41) is 24.3. The Kier molecular flexibility index (Phi) is 7.44. The van der Waals surface area contributed by atoms with Crippen molar-refractivity contribution in [3.05, 3.63) is 74.6 Å². The summed E-state index contributed by atoms with van der Waals surface area (Å²) in [6.45, 7) is 1.49. The summed E-state index contributed by atoms with van der Waals surface area (Å²) in [4.78, 5) is 17.1. The first-order valence-corrected chi connectivity index (χ1v) is 14.1. The van der Waals surface area contributed by atoms with Gasteiger partial charge in [-0.15, -0.1) is 22.7 Å². The van der Waals surface area contributed by atoms with Gasteiger partial charge in [0.15, 0.2) is 0 Å². The highest BCUT2D eigenvalue weighted by Crippen LogP contribution is 2.49. The highest BCUT2D eigenvalue weighted by atomic mass is 32.1. The van der Waals surface area contributed by atoms with Gasteiger partial charge >= 0.3 is 5.97 Å². The first kappa shape index (κ1) is 25.0. The molecule has 36 heavy (non-hydrogen) atoms. The van der Waals surface area contributed by atoms with Crippen molar-refractivity contribution in [3.63, 3.8) is 0 Å². The number of hydrogen-bond donors (Lipinski definition) is 1. The molecule has 3 unspecified atom stereocenters. The maximum Gasteiger partial charge on any atom is 0.349 e. The van der Waals surface area contributed by atoms with Gasteiger partial charge in [-0.25, -0.2) is 4.79 Å². The van der Waals surface area contributed by atoms with Crippen LogP contribution < -0.4 is 4.74 Å². The molecule has 2 aliphatic rings. The van der Waals surface area contributed by atoms with Gasteiger partial charge in [0.2, 0.25) is 5.60 Å². The highest BCUT2D eigenvalue weighted by Gasteiger charge is 2.54. The van der Waals surface area contributed by atoms with Crippen molar-refractivity contribution in [2.45, 2.75) is 43.4 Å². The molecule has 0 saturated heterocycles. The predicted octanol–water partition coefficient (Wildman–Crippen LogP) is 5.03. The molecule has 8 heteroatoms. The van der Waals surface area contributed by atoms with E-state index < -0.39 is 11.6 Å². The Hall–Kier alpha value is -2.70. The Labute approximate surface area is 219 Å². The number of rotatable bonds is 10. The van der Waals surface area contributed by atoms with Crippen molar-refractivity contribution in [1.29, 1.82) is 5.26 Å². The number of ether oxygens (including phenoxy) is 2. The van der Waals surface area contributed by atoms with Crippen LogP contribution in [0.25, 0.3) is 0 Å². The molecule has 0 radical (unpaired) electrons. The van der Waals surface area contributed by atoms with Crippen LogP contribution in [0.3, 0.4) is 0 Å². The summed E-state index contributed by atoms with van der Waals surface area (Å²) in [7, 11) is 2.14. The first-order chi connectivity index (χ1) is 17.5. The minimum absolute atomic E-state index is 0.161. The van der Waals surface area contributed by atoms with E-state index in [1.807, 2.05) is 35.0 Å². The molecule has 4 atom stereocenters. The molecular weight excluding hydrogens is 492 g/mol. The van der Waals surface area contributed by atoms with Gasteiger partial charge in [0, 0.05) is 18.5 Å². The maximum atomic E-state index is 13.5. The summed E-state index contributed by atoms with van der Waals surface area (Å²) in [5.41, 5.74) is -1.13. The molecule has 3 aromatic rings. The van der Waals surface area contributed by atoms with Crippen molar-refractivity contribution < 1.29 is 19.4 Å². The summed E-state index contributed by atoms with van der Waals surface area (Å²) in [6, 6.07) is 16.9. The molecule has 2 bridgehead atoms. The average molecular weight is 523 g/mol. The molecular formula is C28H30N2O4S2. The van der Waals surface area contributed by atoms with Crippen molar-refractivity contribution in [1.82, 2.24) is 4.90 Å². The Morgan fingerprint density at radius 3 is 2.44 bits per heavy atom. The maximum absolute atomic E-state index is 13.5. The van der Waals surface area contributed by atoms with E-state index in [0.717, 1.165) is 38.0 Å². The lowest BCUT2D eigenvalue weighted by atomic mass is 9.94. The van der Waals surface area contributed by atoms with Crippen LogP contribution in [0.1, 0.15) is 41.0 Å². The van der Waals surface area contributed by atoms with Gasteiger partial charge in [-0.3, -0.25) is 0 Å². The zero-order valence-corrected chi connectivity index (χ0v) is 21.8. The van der Waals surface area contributed by atoms with Gasteiger partial charge in [-0.2, -0.15) is 5.26 Å². The Morgan fingerprint density at radius 1 is 1.14 bits per heavy atom. The molecule has 2 aliphatic carbocycles. The summed E-state index contributed by atoms with van der Waals surface area (Å²) < 4.78 is 12.0. The molecule has 6 nitrogen and oxygen atoms in total. The number of esters is 1. The molecule has 2 fully saturated rings. The van der Waals surface area contributed by atoms with E-state index in [9.17, 15) is 9.90 Å². The monoisotopic (exact) mass is 522 g/mol. The second-order valence-electron chi connectivity index (χ2n) is 9.66. The topological polar surface area (TPSA) is 82.8 Å². The minimum atomic E-state index is -1.76. The molecule has 2 saturated carbocycles. The van der Waals surface area contributed by atoms with Gasteiger partial charge in [-0.05, 0) is 85.8 Å². The summed E-state index contributed by atoms with van der Waals surface area (Å²) in [5.74, 6) is 0.817. The smallest absolute Gasteiger partial charge is 0.349 e. The second kappa shape index (κ2) is 10.7. The Bertz CT molecular complexity index is 1150. The lowest BCUT2D eigenvalue weighted by Gasteiger charge is -2.32. The molecule has 0 amide bonds. The molecule has 2 aromatic heterocycles. The third kappa shape index (κ3) is 4.81. The lowest BCUT2D eigenvalue weighted by molar-refractivity contribution is -0.170. The van der Waals surface area contributed by atoms with Crippen LogP contribution in [0.4, 0.5) is 0 Å². The quantitative estimate of drug-likeness (QED) is 0.297. The van der Waals surface area contributed by atoms with Gasteiger partial charge < -0.3 is 19.5 Å². The number of thiophene rings is 2. The van der Waals surface area contributed by atoms with E-state index in [4.69, 9.17) is 14.7 Å². The van der Waals surface area contributed by atoms with Crippen molar-refractivity contribution in [3.8, 4) is 11.8 Å². The third-order valence-electron chi connectivity index (χ3n) is 7.56. The van der Waals surface area contributed by atoms with Gasteiger partial charge in [0.05, 0.1) is 28.0 Å². The third-order valence-corrected chi connectivity index (χ3v) is 9.52. The molecule has 1 N–H and O–H groups in total. The molecule has 0 spiro atoms. The SMILES string of the molecule is CN(CCCOc1ccc(C#N)cc1)[C@@H]1CC2CCC1C2OC(=O)C(O)(c1cccs1)c1cccs1. The zero-order chi connectivity index (χ0) is 25.1. The number of hydrogen-bond acceptors (Lipinski definition) is 8. The Balaban J connectivity index is 1.18. The fourth-order valence-electron chi connectivity index (χ4n) is 5.72. The number of aliphatic hydroxyl groups is 1. The number of nitrogens with zero attached hydrogens (tertiary/aromatic N) is 2. The van der Waals surface area contributed by atoms with Gasteiger partial charge in [0.25, 0.3) is 0 Å². The highest BCUT2D eigenvalue weighted by molar-refractivity contribution is 7.12. The fraction of sp³-hybridized carbons (Fsp3) is 0.429. The Morgan fingerprint density at radius 2 is 1.83 bits per heavy atom. The molecule has 2 heterocycles. The van der Waals surface area contributed by atoms with Gasteiger partial charge in [0.1, 0.15) is 11.9 Å². The predicted molar refractivity (Wildman–Crippen MR) is 140 cm³/mol. The molecule has 5 rings (SSSR count). The van der Waals surface area contributed by atoms with Crippen molar-refractivity contribution in [2.75, 3.05) is 20.2 Å². The largest absolute Gasteiger partial charge is 0.494 e. The van der Waals surface area contributed by atoms with Crippen LogP contribution in [0.2, 0.25) is 0 Å². The van der Waals surface area contributed by atoms with Crippen LogP contribution in [-0.2, 0) is 15.1 Å². The lowest BCUT2D eigenvalue weighted by Crippen LogP contribution is -2.42. The van der Waals surface area contributed by atoms with Crippen LogP contribution >= 0.6 is 22.7 Å². The first-order valence-electron chi connectivity index (χ1n) is 12.4. The van der Waals surface area contributed by atoms with E-state index >= 15 is 0 Å². The number of carbonyl (C=O) groups excluding carboxylic acids is 1. The van der Waals surface area contributed by atoms with Crippen molar-refractivity contribution >= 4 is 28.6 Å². The molecule has 188 valence electrons. The number of carbonyl (C=O) groups is 1. The second-order valence-corrected chi connectivity index (χ2v) is 11.6. The van der Waals surface area contributed by atoms with E-state index in [1.54, 1.807) is 24.3 Å². The minimum Gasteiger partial charge on any atom is -0.494 e. The van der Waals surface area contributed by atoms with Crippen LogP contribution in [0, 0.1) is 23.2 Å². The summed E-state index contributed by atoms with van der Waals surface area (Å²) in [6.07, 6.45) is 3.82. The average Bonchev–Trinajstić information content (AvgIpc) is 3.72. The number of benzene rings is 1. The van der Waals surface area contributed by atoms with Crippen LogP contribution in [0.5, 0.6) is 5.75 Å². The van der Waals surface area contributed by atoms with Gasteiger partial charge in [-0.1, -0.05) is 12.1 Å². The zero-order valence-electron chi connectivity index (χ0n) is 20.2. The fourth-order valence-corrected chi connectivity index (χ4v) is 7.43. The number of nitriles is 1. The standard InChI is InChI=1S/C28H30N2O4S2/c1-30(13-4-14-33-21-10-7-19(18-29)8-11-21)23-17-20-9-12-22(23)26(20)34-27(31)28(32,24-5-2-15-35-24)25-6-3-16-36-25/h2-3,5-8,10-11,15-16,20,22-23,26,32H,4,9,12-14,17H2,1H3/t20?,22?,23-,26?/m1/s1. The van der Waals surface area contributed by atoms with E-state index in [1.165, 1.54) is 22.7 Å². The van der Waals surface area contributed by atoms with E-state index in [0.29, 0.717) is 33.9 Å². The van der Waals surface area contributed by atoms with Crippen molar-refractivity contribution in [2.24, 2.45) is 11.8 Å². The normalized spacial score (nSPS) is 23.1. The van der Waals surface area contributed by atoms with E-state index in [-0.39, 0.29) is 12.0 Å². The van der Waals surface area contributed by atoms with Crippen LogP contribution in [-0.4, -0.2) is 48.3 Å². The summed E-state index contributed by atoms with van der Waals surface area (Å²) >= 11 is 2.74. The van der Waals surface area contributed by atoms with Crippen LogP contribution in [0.15, 0.2) is 59.3 Å². The molecule has 0 aliphatic heterocycles. The molecule has 1 aromatic carbocycles. The number of fused-ring (bicyclic) bond motifs is 2. The van der Waals surface area contributed by atoms with E-state index in [2.05, 4.69) is 18.0 Å².